The third-order valence-electron chi connectivity index (χ3n) is 2.91. The second-order valence-corrected chi connectivity index (χ2v) is 5.85. The molecule has 0 aliphatic rings. The highest BCUT2D eigenvalue weighted by atomic mass is 32.2. The van der Waals surface area contributed by atoms with Crippen LogP contribution in [0, 0.1) is 13.8 Å². The van der Waals surface area contributed by atoms with Gasteiger partial charge in [-0.1, -0.05) is 30.4 Å². The van der Waals surface area contributed by atoms with Crippen molar-refractivity contribution in [1.29, 1.82) is 0 Å². The monoisotopic (exact) mass is 264 g/mol. The van der Waals surface area contributed by atoms with E-state index in [0.29, 0.717) is 0 Å². The van der Waals surface area contributed by atoms with E-state index in [-0.39, 0.29) is 0 Å². The van der Waals surface area contributed by atoms with Crippen molar-refractivity contribution < 1.29 is 0 Å². The van der Waals surface area contributed by atoms with Gasteiger partial charge in [-0.3, -0.25) is 3.97 Å². The average Bonchev–Trinajstić information content (AvgIpc) is 2.55. The molecule has 2 aromatic rings. The molecule has 0 unspecified atom stereocenters. The summed E-state index contributed by atoms with van der Waals surface area (Å²) in [6.07, 6.45) is 0. The summed E-state index contributed by atoms with van der Waals surface area (Å²) in [4.78, 5) is 1.96. The molecule has 0 saturated carbocycles. The summed E-state index contributed by atoms with van der Waals surface area (Å²) >= 11 is 6.96. The summed E-state index contributed by atoms with van der Waals surface area (Å²) in [5, 5.41) is 1.30. The van der Waals surface area contributed by atoms with Gasteiger partial charge in [0.05, 0.1) is 5.52 Å². The smallest absolute Gasteiger partial charge is 0.156 e. The Bertz CT molecular complexity index is 570. The number of benzene rings is 1. The van der Waals surface area contributed by atoms with Gasteiger partial charge in [0.2, 0.25) is 0 Å². The molecule has 0 amide bonds. The number of rotatable bonds is 1. The number of hydrogen-bond donors (Lipinski definition) is 0. The standard InChI is InChI=1S/C13H16N2S2/c1-9-10(2)15(17-13(16)14(3)4)12-8-6-5-7-11(9)12/h5-8H,1-4H3. The summed E-state index contributed by atoms with van der Waals surface area (Å²) in [6.45, 7) is 4.30. The van der Waals surface area contributed by atoms with Crippen molar-refractivity contribution in [1.82, 2.24) is 8.87 Å². The fourth-order valence-corrected chi connectivity index (χ4v) is 2.85. The number of para-hydroxylation sites is 1. The van der Waals surface area contributed by atoms with Gasteiger partial charge in [0.25, 0.3) is 0 Å². The number of fused-ring (bicyclic) bond motifs is 1. The second-order valence-electron chi connectivity index (χ2n) is 4.27. The van der Waals surface area contributed by atoms with Gasteiger partial charge in [-0.15, -0.1) is 0 Å². The number of aryl methyl sites for hydroxylation is 1. The Balaban J connectivity index is 2.54. The van der Waals surface area contributed by atoms with E-state index < -0.39 is 0 Å². The minimum Gasteiger partial charge on any atom is -0.362 e. The number of hydrogen-bond acceptors (Lipinski definition) is 2. The minimum atomic E-state index is 0.869. The first kappa shape index (κ1) is 12.5. The summed E-state index contributed by atoms with van der Waals surface area (Å²) in [7, 11) is 3.95. The molecule has 1 aromatic carbocycles. The van der Waals surface area contributed by atoms with Gasteiger partial charge in [-0.25, -0.2) is 0 Å². The Morgan fingerprint density at radius 1 is 1.24 bits per heavy atom. The molecule has 0 bridgehead atoms. The van der Waals surface area contributed by atoms with E-state index in [1.165, 1.54) is 22.2 Å². The van der Waals surface area contributed by atoms with E-state index in [0.717, 1.165) is 4.32 Å². The van der Waals surface area contributed by atoms with Crippen molar-refractivity contribution in [2.75, 3.05) is 14.1 Å². The van der Waals surface area contributed by atoms with E-state index in [4.69, 9.17) is 12.2 Å². The van der Waals surface area contributed by atoms with Gasteiger partial charge in [0.15, 0.2) is 4.32 Å². The summed E-state index contributed by atoms with van der Waals surface area (Å²) in [5.41, 5.74) is 3.83. The molecule has 0 fully saturated rings. The van der Waals surface area contributed by atoms with Crippen LogP contribution in [0.4, 0.5) is 0 Å². The lowest BCUT2D eigenvalue weighted by molar-refractivity contribution is 0.647. The largest absolute Gasteiger partial charge is 0.362 e. The number of aromatic nitrogens is 1. The van der Waals surface area contributed by atoms with Crippen molar-refractivity contribution in [2.24, 2.45) is 0 Å². The third kappa shape index (κ3) is 2.19. The molecule has 0 aliphatic heterocycles. The van der Waals surface area contributed by atoms with Crippen LogP contribution in [0.25, 0.3) is 10.9 Å². The van der Waals surface area contributed by atoms with Crippen LogP contribution in [0.5, 0.6) is 0 Å². The first-order valence-electron chi connectivity index (χ1n) is 5.48. The van der Waals surface area contributed by atoms with Crippen LogP contribution in [0.3, 0.4) is 0 Å². The SMILES string of the molecule is Cc1c(C)n(SC(=S)N(C)C)c2ccccc12. The van der Waals surface area contributed by atoms with Crippen LogP contribution >= 0.6 is 24.2 Å². The number of thiocarbonyl (C=S) groups is 1. The second kappa shape index (κ2) is 4.70. The Labute approximate surface area is 112 Å². The molecule has 0 spiro atoms. The highest BCUT2D eigenvalue weighted by molar-refractivity contribution is 8.22. The highest BCUT2D eigenvalue weighted by Crippen LogP contribution is 2.29. The molecule has 0 radical (unpaired) electrons. The van der Waals surface area contributed by atoms with E-state index in [1.54, 1.807) is 11.9 Å². The molecule has 90 valence electrons. The van der Waals surface area contributed by atoms with Gasteiger partial charge in [0.1, 0.15) is 0 Å². The van der Waals surface area contributed by atoms with Crippen molar-refractivity contribution in [3.8, 4) is 0 Å². The maximum absolute atomic E-state index is 5.36. The third-order valence-corrected chi connectivity index (χ3v) is 4.67. The molecule has 4 heteroatoms. The van der Waals surface area contributed by atoms with Crippen molar-refractivity contribution in [2.45, 2.75) is 13.8 Å². The lowest BCUT2D eigenvalue weighted by atomic mass is 10.2. The van der Waals surface area contributed by atoms with Gasteiger partial charge in [0, 0.05) is 37.1 Å². The molecule has 0 N–H and O–H groups in total. The molecular formula is C13H16N2S2. The molecule has 2 rings (SSSR count). The van der Waals surface area contributed by atoms with E-state index in [9.17, 15) is 0 Å². The van der Waals surface area contributed by atoms with Crippen LogP contribution in [0.2, 0.25) is 0 Å². The normalized spacial score (nSPS) is 10.8. The zero-order chi connectivity index (χ0) is 12.6. The lowest BCUT2D eigenvalue weighted by Crippen LogP contribution is -2.17. The molecular weight excluding hydrogens is 248 g/mol. The molecule has 17 heavy (non-hydrogen) atoms. The van der Waals surface area contributed by atoms with Crippen LogP contribution in [-0.4, -0.2) is 27.3 Å². The Morgan fingerprint density at radius 2 is 1.88 bits per heavy atom. The van der Waals surface area contributed by atoms with Crippen molar-refractivity contribution in [3.63, 3.8) is 0 Å². The van der Waals surface area contributed by atoms with Crippen LogP contribution < -0.4 is 0 Å². The van der Waals surface area contributed by atoms with E-state index >= 15 is 0 Å². The van der Waals surface area contributed by atoms with Crippen LogP contribution in [0.15, 0.2) is 24.3 Å². The van der Waals surface area contributed by atoms with E-state index in [1.807, 2.05) is 19.0 Å². The zero-order valence-electron chi connectivity index (χ0n) is 10.5. The van der Waals surface area contributed by atoms with Gasteiger partial charge in [-0.05, 0) is 25.5 Å². The molecule has 0 saturated heterocycles. The first-order chi connectivity index (χ1) is 8.02. The Kier molecular flexibility index (Phi) is 3.45. The van der Waals surface area contributed by atoms with Crippen molar-refractivity contribution in [3.05, 3.63) is 35.5 Å². The minimum absolute atomic E-state index is 0.869. The molecule has 0 aliphatic carbocycles. The molecule has 2 nitrogen and oxygen atoms in total. The zero-order valence-corrected chi connectivity index (χ0v) is 12.2. The van der Waals surface area contributed by atoms with E-state index in [2.05, 4.69) is 42.1 Å². The van der Waals surface area contributed by atoms with Gasteiger partial charge >= 0.3 is 0 Å². The predicted molar refractivity (Wildman–Crippen MR) is 80.7 cm³/mol. The molecule has 1 aromatic heterocycles. The summed E-state index contributed by atoms with van der Waals surface area (Å²) in [5.74, 6) is 0. The maximum Gasteiger partial charge on any atom is 0.156 e. The lowest BCUT2D eigenvalue weighted by Gasteiger charge is -2.14. The maximum atomic E-state index is 5.36. The Morgan fingerprint density at radius 3 is 2.53 bits per heavy atom. The molecule has 0 atom stereocenters. The predicted octanol–water partition coefficient (Wildman–Crippen LogP) is 3.60. The first-order valence-corrected chi connectivity index (χ1v) is 6.67. The summed E-state index contributed by atoms with van der Waals surface area (Å²) < 4.78 is 3.08. The van der Waals surface area contributed by atoms with Crippen LogP contribution in [0.1, 0.15) is 11.3 Å². The van der Waals surface area contributed by atoms with Gasteiger partial charge in [-0.2, -0.15) is 0 Å². The fourth-order valence-electron chi connectivity index (χ4n) is 1.77. The topological polar surface area (TPSA) is 8.17 Å². The Hall–Kier alpha value is -1.00. The average molecular weight is 264 g/mol. The molecule has 1 heterocycles. The quantitative estimate of drug-likeness (QED) is 0.728. The van der Waals surface area contributed by atoms with Gasteiger partial charge < -0.3 is 4.90 Å². The van der Waals surface area contributed by atoms with Crippen molar-refractivity contribution >= 4 is 39.4 Å². The van der Waals surface area contributed by atoms with Crippen LogP contribution in [-0.2, 0) is 0 Å². The summed E-state index contributed by atoms with van der Waals surface area (Å²) in [6, 6.07) is 8.44. The highest BCUT2D eigenvalue weighted by Gasteiger charge is 2.12. The number of nitrogens with zero attached hydrogens (tertiary/aromatic N) is 2. The fraction of sp³-hybridized carbons (Fsp3) is 0.308.